The molecule has 106 valence electrons. The molecule has 0 amide bonds. The van der Waals surface area contributed by atoms with Gasteiger partial charge < -0.3 is 10.4 Å². The highest BCUT2D eigenvalue weighted by molar-refractivity contribution is 6.35. The third-order valence-corrected chi connectivity index (χ3v) is 3.80. The van der Waals surface area contributed by atoms with Gasteiger partial charge >= 0.3 is 0 Å². The second-order valence-corrected chi connectivity index (χ2v) is 5.83. The summed E-state index contributed by atoms with van der Waals surface area (Å²) in [5, 5.41) is 14.7. The summed E-state index contributed by atoms with van der Waals surface area (Å²) in [6.07, 6.45) is 0. The first-order valence-electron chi connectivity index (χ1n) is 6.13. The van der Waals surface area contributed by atoms with Crippen molar-refractivity contribution in [2.24, 2.45) is 0 Å². The van der Waals surface area contributed by atoms with E-state index in [2.05, 4.69) is 5.32 Å². The van der Waals surface area contributed by atoms with Crippen LogP contribution in [-0.4, -0.2) is 5.11 Å². The Morgan fingerprint density at radius 3 is 2.55 bits per heavy atom. The van der Waals surface area contributed by atoms with Gasteiger partial charge in [0.25, 0.3) is 0 Å². The minimum atomic E-state index is 0.0573. The second kappa shape index (κ2) is 6.68. The molecule has 1 atom stereocenters. The molecule has 2 aromatic rings. The molecule has 0 bridgehead atoms. The van der Waals surface area contributed by atoms with E-state index < -0.39 is 0 Å². The molecule has 0 fully saturated rings. The quantitative estimate of drug-likeness (QED) is 0.807. The summed E-state index contributed by atoms with van der Waals surface area (Å²) in [5.41, 5.74) is 1.74. The summed E-state index contributed by atoms with van der Waals surface area (Å²) in [4.78, 5) is 0. The zero-order valence-corrected chi connectivity index (χ0v) is 13.1. The SMILES string of the molecule is C[C@H](NCc1cc(Cl)cc(Cl)c1O)c1cccc(Cl)c1. The number of rotatable bonds is 4. The van der Waals surface area contributed by atoms with Gasteiger partial charge in [-0.1, -0.05) is 46.9 Å². The predicted octanol–water partition coefficient (Wildman–Crippen LogP) is 5.20. The molecule has 0 spiro atoms. The average molecular weight is 331 g/mol. The van der Waals surface area contributed by atoms with E-state index in [1.807, 2.05) is 31.2 Å². The van der Waals surface area contributed by atoms with Gasteiger partial charge in [0.05, 0.1) is 5.02 Å². The van der Waals surface area contributed by atoms with Gasteiger partial charge in [-0.3, -0.25) is 0 Å². The number of halogens is 3. The van der Waals surface area contributed by atoms with Crippen molar-refractivity contribution in [3.8, 4) is 5.75 Å². The van der Waals surface area contributed by atoms with Gasteiger partial charge in [0, 0.05) is 28.2 Å². The highest BCUT2D eigenvalue weighted by Gasteiger charge is 2.10. The van der Waals surface area contributed by atoms with Gasteiger partial charge in [-0.25, -0.2) is 0 Å². The Hall–Kier alpha value is -0.930. The number of phenols is 1. The maximum Gasteiger partial charge on any atom is 0.138 e. The van der Waals surface area contributed by atoms with E-state index in [-0.39, 0.29) is 16.8 Å². The molecule has 0 saturated carbocycles. The highest BCUT2D eigenvalue weighted by atomic mass is 35.5. The van der Waals surface area contributed by atoms with Crippen LogP contribution < -0.4 is 5.32 Å². The molecule has 0 unspecified atom stereocenters. The molecule has 0 heterocycles. The molecule has 0 saturated heterocycles. The molecule has 2 rings (SSSR count). The van der Waals surface area contributed by atoms with Crippen LogP contribution in [0.25, 0.3) is 0 Å². The minimum absolute atomic E-state index is 0.0573. The monoisotopic (exact) mass is 329 g/mol. The van der Waals surface area contributed by atoms with Crippen LogP contribution in [0.2, 0.25) is 15.1 Å². The van der Waals surface area contributed by atoms with E-state index in [1.54, 1.807) is 6.07 Å². The molecule has 5 heteroatoms. The lowest BCUT2D eigenvalue weighted by Crippen LogP contribution is -2.18. The maximum atomic E-state index is 9.90. The number of hydrogen-bond acceptors (Lipinski definition) is 2. The molecular formula is C15H14Cl3NO. The fraction of sp³-hybridized carbons (Fsp3) is 0.200. The Bertz CT molecular complexity index is 616. The number of hydrogen-bond donors (Lipinski definition) is 2. The van der Waals surface area contributed by atoms with Crippen LogP contribution in [0, 0.1) is 0 Å². The topological polar surface area (TPSA) is 32.3 Å². The summed E-state index contributed by atoms with van der Waals surface area (Å²) in [7, 11) is 0. The van der Waals surface area contributed by atoms with Gasteiger partial charge in [0.15, 0.2) is 0 Å². The summed E-state index contributed by atoms with van der Waals surface area (Å²) >= 11 is 17.8. The van der Waals surface area contributed by atoms with Crippen molar-refractivity contribution in [3.63, 3.8) is 0 Å². The lowest BCUT2D eigenvalue weighted by Gasteiger charge is -2.15. The van der Waals surface area contributed by atoms with Crippen molar-refractivity contribution in [2.45, 2.75) is 19.5 Å². The fourth-order valence-corrected chi connectivity index (χ4v) is 2.65. The lowest BCUT2D eigenvalue weighted by molar-refractivity contribution is 0.460. The van der Waals surface area contributed by atoms with Gasteiger partial charge in [0.1, 0.15) is 5.75 Å². The second-order valence-electron chi connectivity index (χ2n) is 4.55. The molecule has 0 aromatic heterocycles. The molecule has 0 aliphatic carbocycles. The van der Waals surface area contributed by atoms with E-state index in [4.69, 9.17) is 34.8 Å². The van der Waals surface area contributed by atoms with Gasteiger partial charge in [-0.15, -0.1) is 0 Å². The molecule has 0 aliphatic heterocycles. The molecule has 2 nitrogen and oxygen atoms in total. The molecule has 0 aliphatic rings. The summed E-state index contributed by atoms with van der Waals surface area (Å²) < 4.78 is 0. The Morgan fingerprint density at radius 1 is 1.10 bits per heavy atom. The van der Waals surface area contributed by atoms with E-state index in [9.17, 15) is 5.11 Å². The zero-order chi connectivity index (χ0) is 14.7. The Morgan fingerprint density at radius 2 is 1.85 bits per heavy atom. The van der Waals surface area contributed by atoms with E-state index >= 15 is 0 Å². The van der Waals surface area contributed by atoms with Gasteiger partial charge in [-0.2, -0.15) is 0 Å². The molecule has 2 aromatic carbocycles. The summed E-state index contributed by atoms with van der Waals surface area (Å²) in [6, 6.07) is 10.9. The van der Waals surface area contributed by atoms with Crippen molar-refractivity contribution in [1.82, 2.24) is 5.32 Å². The highest BCUT2D eigenvalue weighted by Crippen LogP contribution is 2.31. The Kier molecular flexibility index (Phi) is 5.17. The standard InChI is InChI=1S/C15H14Cl3NO/c1-9(10-3-2-4-12(16)5-10)19-8-11-6-13(17)7-14(18)15(11)20/h2-7,9,19-20H,8H2,1H3/t9-/m0/s1. The Labute approximate surface area is 133 Å². The van der Waals surface area contributed by atoms with E-state index in [1.165, 1.54) is 6.07 Å². The average Bonchev–Trinajstić information content (AvgIpc) is 2.40. The van der Waals surface area contributed by atoms with Crippen molar-refractivity contribution in [1.29, 1.82) is 0 Å². The molecule has 20 heavy (non-hydrogen) atoms. The predicted molar refractivity (Wildman–Crippen MR) is 84.8 cm³/mol. The van der Waals surface area contributed by atoms with E-state index in [0.717, 1.165) is 5.56 Å². The normalized spacial score (nSPS) is 12.4. The maximum absolute atomic E-state index is 9.90. The van der Waals surface area contributed by atoms with Crippen molar-refractivity contribution in [3.05, 3.63) is 62.6 Å². The third-order valence-electron chi connectivity index (χ3n) is 3.05. The first-order chi connectivity index (χ1) is 9.47. The first kappa shape index (κ1) is 15.5. The fourth-order valence-electron chi connectivity index (χ4n) is 1.91. The number of aromatic hydroxyl groups is 1. The van der Waals surface area contributed by atoms with Crippen LogP contribution in [0.15, 0.2) is 36.4 Å². The van der Waals surface area contributed by atoms with Crippen molar-refractivity contribution < 1.29 is 5.11 Å². The molecule has 2 N–H and O–H groups in total. The number of nitrogens with one attached hydrogen (secondary N) is 1. The van der Waals surface area contributed by atoms with Crippen molar-refractivity contribution >= 4 is 34.8 Å². The third kappa shape index (κ3) is 3.80. The largest absolute Gasteiger partial charge is 0.506 e. The summed E-state index contributed by atoms with van der Waals surface area (Å²) in [6.45, 7) is 2.48. The Balaban J connectivity index is 2.09. The van der Waals surface area contributed by atoms with Crippen LogP contribution in [0.4, 0.5) is 0 Å². The van der Waals surface area contributed by atoms with Crippen molar-refractivity contribution in [2.75, 3.05) is 0 Å². The molecule has 0 radical (unpaired) electrons. The minimum Gasteiger partial charge on any atom is -0.506 e. The van der Waals surface area contributed by atoms with Gasteiger partial charge in [-0.05, 0) is 36.8 Å². The van der Waals surface area contributed by atoms with Crippen LogP contribution in [-0.2, 0) is 6.54 Å². The number of benzene rings is 2. The molecular weight excluding hydrogens is 317 g/mol. The van der Waals surface area contributed by atoms with Crippen LogP contribution >= 0.6 is 34.8 Å². The number of phenolic OH excluding ortho intramolecular Hbond substituents is 1. The van der Waals surface area contributed by atoms with Crippen LogP contribution in [0.1, 0.15) is 24.1 Å². The van der Waals surface area contributed by atoms with Crippen LogP contribution in [0.3, 0.4) is 0 Å². The van der Waals surface area contributed by atoms with Gasteiger partial charge in [0.2, 0.25) is 0 Å². The van der Waals surface area contributed by atoms with Crippen LogP contribution in [0.5, 0.6) is 5.75 Å². The first-order valence-corrected chi connectivity index (χ1v) is 7.26. The van der Waals surface area contributed by atoms with E-state index in [0.29, 0.717) is 22.2 Å². The zero-order valence-electron chi connectivity index (χ0n) is 10.8. The summed E-state index contributed by atoms with van der Waals surface area (Å²) in [5.74, 6) is 0.0573. The lowest BCUT2D eigenvalue weighted by atomic mass is 10.1. The smallest absolute Gasteiger partial charge is 0.138 e.